The number of hydrogen-bond acceptors (Lipinski definition) is 6. The number of benzene rings is 2. The van der Waals surface area contributed by atoms with E-state index in [0.29, 0.717) is 26.0 Å². The van der Waals surface area contributed by atoms with E-state index >= 15 is 0 Å². The van der Waals surface area contributed by atoms with Crippen LogP contribution >= 0.6 is 0 Å². The van der Waals surface area contributed by atoms with Gasteiger partial charge in [-0.1, -0.05) is 30.3 Å². The predicted molar refractivity (Wildman–Crippen MR) is 123 cm³/mol. The van der Waals surface area contributed by atoms with Gasteiger partial charge in [0.25, 0.3) is 5.91 Å². The van der Waals surface area contributed by atoms with Crippen LogP contribution in [0.1, 0.15) is 25.3 Å². The summed E-state index contributed by atoms with van der Waals surface area (Å²) >= 11 is 0. The third kappa shape index (κ3) is 6.55. The third-order valence-corrected chi connectivity index (χ3v) is 7.50. The lowest BCUT2D eigenvalue weighted by atomic mass is 9.98. The van der Waals surface area contributed by atoms with Gasteiger partial charge in [0.05, 0.1) is 17.4 Å². The molecule has 33 heavy (non-hydrogen) atoms. The summed E-state index contributed by atoms with van der Waals surface area (Å²) in [6.07, 6.45) is 0.724. The molecule has 1 heterocycles. The molecule has 0 N–H and O–H groups in total. The first kappa shape index (κ1) is 24.7. The van der Waals surface area contributed by atoms with Gasteiger partial charge in [-0.05, 0) is 49.6 Å². The van der Waals surface area contributed by atoms with Gasteiger partial charge in [-0.3, -0.25) is 9.59 Å². The molecular weight excluding hydrogens is 444 g/mol. The number of piperidine rings is 1. The van der Waals surface area contributed by atoms with Crippen LogP contribution in [0.25, 0.3) is 0 Å². The Labute approximate surface area is 195 Å². The van der Waals surface area contributed by atoms with E-state index in [0.717, 1.165) is 11.3 Å². The molecule has 0 bridgehead atoms. The van der Waals surface area contributed by atoms with Crippen LogP contribution in [-0.4, -0.2) is 62.9 Å². The fourth-order valence-corrected chi connectivity index (χ4v) is 5.14. The molecule has 1 aliphatic heterocycles. The molecule has 0 radical (unpaired) electrons. The Morgan fingerprint density at radius 2 is 1.67 bits per heavy atom. The van der Waals surface area contributed by atoms with Crippen LogP contribution in [-0.2, 0) is 30.9 Å². The van der Waals surface area contributed by atoms with Gasteiger partial charge in [0.2, 0.25) is 10.0 Å². The monoisotopic (exact) mass is 474 g/mol. The number of nitrogens with zero attached hydrogens (tertiary/aromatic N) is 2. The Balaban J connectivity index is 1.44. The normalized spacial score (nSPS) is 15.1. The van der Waals surface area contributed by atoms with Gasteiger partial charge in [-0.25, -0.2) is 8.42 Å². The topological polar surface area (TPSA) is 93.2 Å². The van der Waals surface area contributed by atoms with Crippen molar-refractivity contribution in [2.45, 2.75) is 31.2 Å². The molecule has 0 unspecified atom stereocenters. The molecule has 1 aliphatic rings. The van der Waals surface area contributed by atoms with Gasteiger partial charge in [-0.2, -0.15) is 4.31 Å². The van der Waals surface area contributed by atoms with Crippen LogP contribution in [0, 0.1) is 5.92 Å². The minimum absolute atomic E-state index is 0.239. The summed E-state index contributed by atoms with van der Waals surface area (Å²) in [6, 6.07) is 15.7. The van der Waals surface area contributed by atoms with Gasteiger partial charge >= 0.3 is 5.97 Å². The molecule has 2 aromatic carbocycles. The molecule has 1 saturated heterocycles. The Morgan fingerprint density at radius 3 is 2.27 bits per heavy atom. The highest BCUT2D eigenvalue weighted by Gasteiger charge is 2.33. The summed E-state index contributed by atoms with van der Waals surface area (Å²) in [7, 11) is -1.92. The maximum absolute atomic E-state index is 12.7. The third-order valence-electron chi connectivity index (χ3n) is 5.59. The number of carbonyl (C=O) groups excluding carboxylic acids is 2. The van der Waals surface area contributed by atoms with E-state index in [9.17, 15) is 18.0 Å². The molecule has 0 aliphatic carbocycles. The number of rotatable bonds is 9. The van der Waals surface area contributed by atoms with E-state index in [1.54, 1.807) is 37.4 Å². The first-order valence-electron chi connectivity index (χ1n) is 11.0. The number of esters is 1. The molecule has 9 heteroatoms. The summed E-state index contributed by atoms with van der Waals surface area (Å²) < 4.78 is 37.5. The molecule has 1 fully saturated rings. The van der Waals surface area contributed by atoms with E-state index in [-0.39, 0.29) is 30.5 Å². The second kappa shape index (κ2) is 11.3. The molecule has 2 aromatic rings. The molecular formula is C24H30N2O6S. The highest BCUT2D eigenvalue weighted by molar-refractivity contribution is 7.89. The summed E-state index contributed by atoms with van der Waals surface area (Å²) in [5.74, 6) is -0.417. The zero-order valence-corrected chi connectivity index (χ0v) is 19.8. The van der Waals surface area contributed by atoms with Crippen LogP contribution in [0.4, 0.5) is 0 Å². The molecule has 178 valence electrons. The molecule has 3 rings (SSSR count). The number of likely N-dealkylation sites (N-methyl/N-ethyl adjacent to an activating group) is 1. The van der Waals surface area contributed by atoms with Gasteiger partial charge in [0.15, 0.2) is 6.61 Å². The van der Waals surface area contributed by atoms with E-state index in [1.807, 2.05) is 31.2 Å². The maximum Gasteiger partial charge on any atom is 0.309 e. The zero-order valence-electron chi connectivity index (χ0n) is 19.0. The summed E-state index contributed by atoms with van der Waals surface area (Å²) in [5, 5.41) is 0. The van der Waals surface area contributed by atoms with Crippen molar-refractivity contribution in [2.24, 2.45) is 5.92 Å². The first-order chi connectivity index (χ1) is 15.8. The maximum atomic E-state index is 12.7. The van der Waals surface area contributed by atoms with Crippen LogP contribution in [0.3, 0.4) is 0 Å². The van der Waals surface area contributed by atoms with Crippen molar-refractivity contribution in [3.63, 3.8) is 0 Å². The van der Waals surface area contributed by atoms with Gasteiger partial charge in [0, 0.05) is 26.7 Å². The Bertz CT molecular complexity index is 1030. The second-order valence-electron chi connectivity index (χ2n) is 7.93. The van der Waals surface area contributed by atoms with E-state index in [4.69, 9.17) is 9.47 Å². The highest BCUT2D eigenvalue weighted by atomic mass is 32.2. The van der Waals surface area contributed by atoms with Gasteiger partial charge < -0.3 is 14.4 Å². The quantitative estimate of drug-likeness (QED) is 0.519. The van der Waals surface area contributed by atoms with Gasteiger partial charge in [0.1, 0.15) is 5.75 Å². The average molecular weight is 475 g/mol. The van der Waals surface area contributed by atoms with Crippen molar-refractivity contribution in [3.05, 3.63) is 60.2 Å². The number of hydrogen-bond donors (Lipinski definition) is 0. The molecule has 0 atom stereocenters. The number of sulfonamides is 1. The summed E-state index contributed by atoms with van der Waals surface area (Å²) in [5.41, 5.74) is 0.938. The number of amides is 1. The van der Waals surface area contributed by atoms with Crippen LogP contribution in [0.2, 0.25) is 0 Å². The minimum atomic E-state index is -3.57. The lowest BCUT2D eigenvalue weighted by Gasteiger charge is -2.30. The van der Waals surface area contributed by atoms with Gasteiger partial charge in [-0.15, -0.1) is 0 Å². The minimum Gasteiger partial charge on any atom is -0.494 e. The molecule has 1 amide bonds. The smallest absolute Gasteiger partial charge is 0.309 e. The van der Waals surface area contributed by atoms with Crippen LogP contribution < -0.4 is 4.74 Å². The highest BCUT2D eigenvalue weighted by Crippen LogP contribution is 2.24. The van der Waals surface area contributed by atoms with Crippen LogP contribution in [0.5, 0.6) is 5.75 Å². The fourth-order valence-electron chi connectivity index (χ4n) is 3.65. The number of ether oxygens (including phenoxy) is 2. The molecule has 0 spiro atoms. The Hall–Kier alpha value is -2.91. The molecule has 0 saturated carbocycles. The van der Waals surface area contributed by atoms with Crippen molar-refractivity contribution < 1.29 is 27.5 Å². The largest absolute Gasteiger partial charge is 0.494 e. The predicted octanol–water partition coefficient (Wildman–Crippen LogP) is 2.69. The first-order valence-corrected chi connectivity index (χ1v) is 12.4. The second-order valence-corrected chi connectivity index (χ2v) is 9.86. The van der Waals surface area contributed by atoms with Crippen LogP contribution in [0.15, 0.2) is 59.5 Å². The number of carbonyl (C=O) groups is 2. The Morgan fingerprint density at radius 1 is 1.03 bits per heavy atom. The zero-order chi connectivity index (χ0) is 23.8. The van der Waals surface area contributed by atoms with E-state index in [1.165, 1.54) is 9.21 Å². The van der Waals surface area contributed by atoms with Crippen molar-refractivity contribution in [2.75, 3.05) is 33.4 Å². The average Bonchev–Trinajstić information content (AvgIpc) is 2.84. The van der Waals surface area contributed by atoms with E-state index < -0.39 is 21.9 Å². The molecule has 0 aromatic heterocycles. The lowest BCUT2D eigenvalue weighted by Crippen LogP contribution is -2.41. The summed E-state index contributed by atoms with van der Waals surface area (Å²) in [6.45, 7) is 3.03. The Kier molecular flexibility index (Phi) is 8.46. The standard InChI is InChI=1S/C24H30N2O6S/c1-3-31-21-11-9-19(10-12-21)17-25(2)23(27)18-32-24(28)20-13-15-26(16-14-20)33(29,30)22-7-5-4-6-8-22/h4-12,20H,3,13-18H2,1-2H3. The van der Waals surface area contributed by atoms with Crippen molar-refractivity contribution >= 4 is 21.9 Å². The van der Waals surface area contributed by atoms with Crippen molar-refractivity contribution in [1.82, 2.24) is 9.21 Å². The van der Waals surface area contributed by atoms with Crippen molar-refractivity contribution in [3.8, 4) is 5.75 Å². The molecule has 8 nitrogen and oxygen atoms in total. The SMILES string of the molecule is CCOc1ccc(CN(C)C(=O)COC(=O)C2CCN(S(=O)(=O)c3ccccc3)CC2)cc1. The fraction of sp³-hybridized carbons (Fsp3) is 0.417. The van der Waals surface area contributed by atoms with Crippen molar-refractivity contribution in [1.29, 1.82) is 0 Å². The van der Waals surface area contributed by atoms with E-state index in [2.05, 4.69) is 0 Å². The summed E-state index contributed by atoms with van der Waals surface area (Å²) in [4.78, 5) is 26.6. The lowest BCUT2D eigenvalue weighted by molar-refractivity contribution is -0.156.